The van der Waals surface area contributed by atoms with E-state index in [0.29, 0.717) is 0 Å². The Morgan fingerprint density at radius 3 is 1.13 bits per heavy atom. The lowest BCUT2D eigenvalue weighted by Gasteiger charge is -2.13. The number of ether oxygens (including phenoxy) is 4. The van der Waals surface area contributed by atoms with Crippen LogP contribution in [0.25, 0.3) is 87.6 Å². The number of fused-ring (bicyclic) bond motifs is 10. The molecule has 60 heavy (non-hydrogen) atoms. The van der Waals surface area contributed by atoms with Crippen molar-refractivity contribution in [2.75, 3.05) is 26.4 Å². The van der Waals surface area contributed by atoms with Gasteiger partial charge in [0, 0.05) is 21.9 Å². The molecule has 8 aromatic carbocycles. The summed E-state index contributed by atoms with van der Waals surface area (Å²) < 4.78 is 24.5. The second kappa shape index (κ2) is 17.7. The fraction of sp³-hybridized carbons (Fsp3) is 0.286. The average Bonchev–Trinajstić information content (AvgIpc) is 3.82. The van der Waals surface area contributed by atoms with Gasteiger partial charge in [-0.15, -0.1) is 0 Å². The summed E-state index contributed by atoms with van der Waals surface area (Å²) in [4.78, 5) is 0. The first-order valence-corrected chi connectivity index (χ1v) is 22.4. The molecular weight excluding hydrogens is 737 g/mol. The minimum atomic E-state index is 0.759. The van der Waals surface area contributed by atoms with E-state index in [1.54, 1.807) is 0 Å². The monoisotopic (exact) mass is 792 g/mol. The van der Waals surface area contributed by atoms with Crippen LogP contribution in [0.2, 0.25) is 0 Å². The predicted molar refractivity (Wildman–Crippen MR) is 253 cm³/mol. The Labute approximate surface area is 355 Å². The first-order chi connectivity index (χ1) is 29.6. The Morgan fingerprint density at radius 2 is 0.717 bits per heavy atom. The summed E-state index contributed by atoms with van der Waals surface area (Å²) in [6.45, 7) is 11.8. The van der Waals surface area contributed by atoms with Gasteiger partial charge in [-0.2, -0.15) is 0 Å². The number of unbranched alkanes of at least 4 members (excludes halogenated alkanes) is 4. The molecule has 0 aliphatic heterocycles. The molecule has 304 valence electrons. The van der Waals surface area contributed by atoms with Crippen LogP contribution >= 0.6 is 0 Å². The molecule has 8 aromatic rings. The van der Waals surface area contributed by atoms with Crippen LogP contribution in [-0.2, 0) is 0 Å². The molecule has 0 saturated carbocycles. The molecule has 2 aliphatic rings. The summed E-state index contributed by atoms with van der Waals surface area (Å²) in [5.74, 6) is 3.90. The maximum Gasteiger partial charge on any atom is 0.127 e. The molecule has 0 bridgehead atoms. The summed E-state index contributed by atoms with van der Waals surface area (Å²) in [6, 6.07) is 43.8. The molecule has 0 fully saturated rings. The standard InChI is InChI=1S/2C28H28O2/c2*1-3-5-16-29-21-13-10-19-11-14-23-27(24(19)18-21)22-9-7-8-20-12-15-25(28(23)26(20)22)30-17-6-4-2/h2*7-15,18H,3-6,16-17H2,1-2H3. The Morgan fingerprint density at radius 1 is 0.333 bits per heavy atom. The Hall–Kier alpha value is -6.00. The highest BCUT2D eigenvalue weighted by Gasteiger charge is 2.28. The molecule has 0 atom stereocenters. The molecule has 4 heteroatoms. The van der Waals surface area contributed by atoms with Crippen molar-refractivity contribution in [3.63, 3.8) is 0 Å². The van der Waals surface area contributed by atoms with E-state index >= 15 is 0 Å². The third kappa shape index (κ3) is 7.31. The number of hydrogen-bond acceptors (Lipinski definition) is 4. The fourth-order valence-corrected chi connectivity index (χ4v) is 9.01. The molecule has 2 aliphatic carbocycles. The van der Waals surface area contributed by atoms with E-state index in [1.807, 2.05) is 0 Å². The molecule has 0 unspecified atom stereocenters. The summed E-state index contributed by atoms with van der Waals surface area (Å²) in [7, 11) is 0. The fourth-order valence-electron chi connectivity index (χ4n) is 9.01. The van der Waals surface area contributed by atoms with Crippen molar-refractivity contribution < 1.29 is 18.9 Å². The van der Waals surface area contributed by atoms with E-state index in [2.05, 4.69) is 149 Å². The zero-order valence-electron chi connectivity index (χ0n) is 35.7. The highest BCUT2D eigenvalue weighted by atomic mass is 16.5. The molecule has 0 spiro atoms. The highest BCUT2D eigenvalue weighted by molar-refractivity contribution is 6.24. The molecule has 0 saturated heterocycles. The van der Waals surface area contributed by atoms with E-state index in [1.165, 1.54) is 87.6 Å². The lowest BCUT2D eigenvalue weighted by Crippen LogP contribution is -1.98. The lowest BCUT2D eigenvalue weighted by atomic mass is 9.96. The van der Waals surface area contributed by atoms with Crippen LogP contribution in [0.4, 0.5) is 0 Å². The van der Waals surface area contributed by atoms with Crippen LogP contribution in [0.5, 0.6) is 23.0 Å². The van der Waals surface area contributed by atoms with Crippen molar-refractivity contribution in [1.29, 1.82) is 0 Å². The predicted octanol–water partition coefficient (Wildman–Crippen LogP) is 16.0. The third-order valence-corrected chi connectivity index (χ3v) is 12.1. The Kier molecular flexibility index (Phi) is 11.6. The van der Waals surface area contributed by atoms with Crippen molar-refractivity contribution >= 4 is 43.1 Å². The van der Waals surface area contributed by atoms with Gasteiger partial charge in [-0.25, -0.2) is 0 Å². The Balaban J connectivity index is 0.000000154. The van der Waals surface area contributed by atoms with Crippen LogP contribution in [-0.4, -0.2) is 26.4 Å². The molecule has 4 nitrogen and oxygen atoms in total. The molecule has 0 amide bonds. The maximum atomic E-state index is 6.24. The normalized spacial score (nSPS) is 11.8. The number of rotatable bonds is 16. The SMILES string of the molecule is CCCCOc1ccc2ccc3c(c2c1)-c1cccc2ccc(OCCCC)c-3c12.CCCCOc1ccc2ccc3c(c2c1)-c1cccc2ccc(OCCCC)c-3c12. The van der Waals surface area contributed by atoms with Crippen molar-refractivity contribution in [1.82, 2.24) is 0 Å². The lowest BCUT2D eigenvalue weighted by molar-refractivity contribution is 0.309. The maximum absolute atomic E-state index is 6.24. The average molecular weight is 793 g/mol. The van der Waals surface area contributed by atoms with Crippen molar-refractivity contribution in [3.05, 3.63) is 121 Å². The van der Waals surface area contributed by atoms with E-state index in [0.717, 1.165) is 101 Å². The van der Waals surface area contributed by atoms with Crippen LogP contribution in [0.3, 0.4) is 0 Å². The minimum absolute atomic E-state index is 0.759. The largest absolute Gasteiger partial charge is 0.494 e. The molecule has 0 N–H and O–H groups in total. The van der Waals surface area contributed by atoms with Gasteiger partial charge >= 0.3 is 0 Å². The smallest absolute Gasteiger partial charge is 0.127 e. The van der Waals surface area contributed by atoms with Gasteiger partial charge in [-0.05, 0) is 128 Å². The number of hydrogen-bond donors (Lipinski definition) is 0. The van der Waals surface area contributed by atoms with Gasteiger partial charge in [0.25, 0.3) is 0 Å². The summed E-state index contributed by atoms with van der Waals surface area (Å²) in [6.07, 6.45) is 8.85. The first-order valence-electron chi connectivity index (χ1n) is 22.4. The molecule has 0 heterocycles. The van der Waals surface area contributed by atoms with Gasteiger partial charge in [0.1, 0.15) is 23.0 Å². The highest BCUT2D eigenvalue weighted by Crippen LogP contribution is 2.55. The Bertz CT molecular complexity index is 2640. The van der Waals surface area contributed by atoms with Gasteiger partial charge in [0.15, 0.2) is 0 Å². The van der Waals surface area contributed by atoms with Crippen LogP contribution in [0, 0.1) is 0 Å². The van der Waals surface area contributed by atoms with Gasteiger partial charge in [-0.1, -0.05) is 138 Å². The van der Waals surface area contributed by atoms with E-state index < -0.39 is 0 Å². The zero-order valence-corrected chi connectivity index (χ0v) is 35.7. The van der Waals surface area contributed by atoms with Gasteiger partial charge in [0.05, 0.1) is 26.4 Å². The van der Waals surface area contributed by atoms with Gasteiger partial charge in [0.2, 0.25) is 0 Å². The second-order valence-corrected chi connectivity index (χ2v) is 16.2. The van der Waals surface area contributed by atoms with E-state index in [4.69, 9.17) is 18.9 Å². The van der Waals surface area contributed by atoms with Crippen molar-refractivity contribution in [3.8, 4) is 67.5 Å². The van der Waals surface area contributed by atoms with Crippen LogP contribution in [0.15, 0.2) is 121 Å². The van der Waals surface area contributed by atoms with Crippen LogP contribution in [0.1, 0.15) is 79.1 Å². The minimum Gasteiger partial charge on any atom is -0.494 e. The van der Waals surface area contributed by atoms with Crippen molar-refractivity contribution in [2.24, 2.45) is 0 Å². The number of benzene rings is 8. The molecule has 10 rings (SSSR count). The van der Waals surface area contributed by atoms with Gasteiger partial charge < -0.3 is 18.9 Å². The van der Waals surface area contributed by atoms with Gasteiger partial charge in [-0.3, -0.25) is 0 Å². The summed E-state index contributed by atoms with van der Waals surface area (Å²) in [5, 5.41) is 10.2. The van der Waals surface area contributed by atoms with Crippen LogP contribution < -0.4 is 18.9 Å². The van der Waals surface area contributed by atoms with E-state index in [-0.39, 0.29) is 0 Å². The molecule has 0 radical (unpaired) electrons. The van der Waals surface area contributed by atoms with Crippen molar-refractivity contribution in [2.45, 2.75) is 79.1 Å². The molecular formula is C56H56O4. The second-order valence-electron chi connectivity index (χ2n) is 16.2. The summed E-state index contributed by atoms with van der Waals surface area (Å²) >= 11 is 0. The van der Waals surface area contributed by atoms with E-state index in [9.17, 15) is 0 Å². The first kappa shape index (κ1) is 39.5. The summed E-state index contributed by atoms with van der Waals surface area (Å²) in [5.41, 5.74) is 10.2. The quantitative estimate of drug-likeness (QED) is 0.0913. The molecule has 0 aromatic heterocycles. The topological polar surface area (TPSA) is 36.9 Å². The third-order valence-electron chi connectivity index (χ3n) is 12.1. The zero-order chi connectivity index (χ0) is 41.0.